The Labute approximate surface area is 135 Å². The van der Waals surface area contributed by atoms with Gasteiger partial charge in [0.15, 0.2) is 11.5 Å². The van der Waals surface area contributed by atoms with Crippen molar-refractivity contribution in [1.29, 1.82) is 0 Å². The van der Waals surface area contributed by atoms with E-state index in [9.17, 15) is 4.79 Å². The maximum atomic E-state index is 12.9. The van der Waals surface area contributed by atoms with Crippen molar-refractivity contribution < 1.29 is 14.1 Å². The second-order valence-corrected chi connectivity index (χ2v) is 6.78. The fourth-order valence-electron chi connectivity index (χ4n) is 3.73. The van der Waals surface area contributed by atoms with Gasteiger partial charge in [0.1, 0.15) is 12.4 Å². The van der Waals surface area contributed by atoms with Crippen LogP contribution in [0.5, 0.6) is 5.75 Å². The van der Waals surface area contributed by atoms with E-state index in [1.165, 1.54) is 0 Å². The van der Waals surface area contributed by atoms with Crippen LogP contribution in [0.3, 0.4) is 0 Å². The molecule has 2 aliphatic rings. The van der Waals surface area contributed by atoms with Crippen LogP contribution < -0.4 is 4.74 Å². The maximum Gasteiger partial charge on any atom is 0.276 e. The molecule has 0 bridgehead atoms. The zero-order valence-corrected chi connectivity index (χ0v) is 13.4. The molecule has 2 aromatic rings. The Kier molecular flexibility index (Phi) is 3.36. The summed E-state index contributed by atoms with van der Waals surface area (Å²) in [5.74, 6) is 2.42. The van der Waals surface area contributed by atoms with Crippen molar-refractivity contribution in [3.63, 3.8) is 0 Å². The summed E-state index contributed by atoms with van der Waals surface area (Å²) in [4.78, 5) is 14.8. The number of ether oxygens (including phenoxy) is 1. The minimum atomic E-state index is -0.0450. The van der Waals surface area contributed by atoms with Crippen LogP contribution in [0.25, 0.3) is 11.3 Å². The summed E-state index contributed by atoms with van der Waals surface area (Å²) < 4.78 is 11.3. The molecule has 1 saturated heterocycles. The molecular formula is C18H20N2O3. The molecule has 120 valence electrons. The lowest BCUT2D eigenvalue weighted by Gasteiger charge is -2.34. The van der Waals surface area contributed by atoms with Gasteiger partial charge in [-0.15, -0.1) is 0 Å². The smallest absolute Gasteiger partial charge is 0.276 e. The Hall–Kier alpha value is -2.30. The van der Waals surface area contributed by atoms with E-state index in [2.05, 4.69) is 19.0 Å². The molecule has 2 atom stereocenters. The van der Waals surface area contributed by atoms with Crippen LogP contribution in [0.15, 0.2) is 28.8 Å². The number of hydrogen-bond donors (Lipinski definition) is 0. The van der Waals surface area contributed by atoms with E-state index in [4.69, 9.17) is 9.26 Å². The fraction of sp³-hybridized carbons (Fsp3) is 0.444. The van der Waals surface area contributed by atoms with Gasteiger partial charge in [-0.1, -0.05) is 31.1 Å². The Morgan fingerprint density at radius 2 is 1.96 bits per heavy atom. The van der Waals surface area contributed by atoms with Gasteiger partial charge < -0.3 is 14.2 Å². The molecule has 2 aliphatic heterocycles. The van der Waals surface area contributed by atoms with Crippen molar-refractivity contribution in [3.8, 4) is 17.1 Å². The lowest BCUT2D eigenvalue weighted by Crippen LogP contribution is -2.43. The predicted molar refractivity (Wildman–Crippen MR) is 85.1 cm³/mol. The summed E-state index contributed by atoms with van der Waals surface area (Å²) in [6.45, 7) is 6.27. The highest BCUT2D eigenvalue weighted by molar-refractivity contribution is 5.95. The van der Waals surface area contributed by atoms with Crippen molar-refractivity contribution in [3.05, 3.63) is 35.5 Å². The Morgan fingerprint density at radius 3 is 2.74 bits per heavy atom. The number of rotatable bonds is 1. The molecular weight excluding hydrogens is 292 g/mol. The third-order valence-corrected chi connectivity index (χ3v) is 4.65. The largest absolute Gasteiger partial charge is 0.488 e. The molecule has 4 rings (SSSR count). The Balaban J connectivity index is 1.67. The van der Waals surface area contributed by atoms with E-state index in [0.29, 0.717) is 29.9 Å². The number of fused-ring (bicyclic) bond motifs is 3. The second kappa shape index (κ2) is 5.41. The summed E-state index contributed by atoms with van der Waals surface area (Å²) in [6.07, 6.45) is 1.16. The van der Waals surface area contributed by atoms with Gasteiger partial charge in [0.25, 0.3) is 5.91 Å². The predicted octanol–water partition coefficient (Wildman–Crippen LogP) is 3.35. The number of benzene rings is 1. The van der Waals surface area contributed by atoms with Gasteiger partial charge in [-0.05, 0) is 30.4 Å². The maximum absolute atomic E-state index is 12.9. The van der Waals surface area contributed by atoms with Crippen molar-refractivity contribution in [1.82, 2.24) is 10.1 Å². The van der Waals surface area contributed by atoms with E-state index in [0.717, 1.165) is 36.4 Å². The van der Waals surface area contributed by atoms with Gasteiger partial charge in [0, 0.05) is 13.1 Å². The lowest BCUT2D eigenvalue weighted by atomic mass is 9.91. The Morgan fingerprint density at radius 1 is 1.22 bits per heavy atom. The van der Waals surface area contributed by atoms with Crippen LogP contribution >= 0.6 is 0 Å². The molecule has 0 saturated carbocycles. The van der Waals surface area contributed by atoms with E-state index >= 15 is 0 Å². The van der Waals surface area contributed by atoms with E-state index in [1.807, 2.05) is 29.2 Å². The first-order chi connectivity index (χ1) is 11.1. The van der Waals surface area contributed by atoms with Crippen LogP contribution in [-0.4, -0.2) is 29.1 Å². The second-order valence-electron chi connectivity index (χ2n) is 6.78. The number of amides is 1. The molecule has 1 fully saturated rings. The molecule has 5 nitrogen and oxygen atoms in total. The summed E-state index contributed by atoms with van der Waals surface area (Å²) in [6, 6.07) is 7.67. The number of piperidine rings is 1. The van der Waals surface area contributed by atoms with Crippen molar-refractivity contribution in [2.75, 3.05) is 13.1 Å². The normalized spacial score (nSPS) is 23.0. The molecule has 0 radical (unpaired) electrons. The van der Waals surface area contributed by atoms with Gasteiger partial charge in [0.2, 0.25) is 0 Å². The SMILES string of the molecule is C[C@@H]1C[C@H](C)CN(C(=O)c2noc3c2COc2ccccc2-3)C1. The highest BCUT2D eigenvalue weighted by atomic mass is 16.5. The summed E-state index contributed by atoms with van der Waals surface area (Å²) >= 11 is 0. The van der Waals surface area contributed by atoms with Gasteiger partial charge in [-0.2, -0.15) is 0 Å². The molecule has 1 amide bonds. The average molecular weight is 312 g/mol. The van der Waals surface area contributed by atoms with E-state index in [1.54, 1.807) is 0 Å². The first kappa shape index (κ1) is 14.3. The van der Waals surface area contributed by atoms with Crippen LogP contribution in [0.4, 0.5) is 0 Å². The summed E-state index contributed by atoms with van der Waals surface area (Å²) in [5.41, 5.74) is 2.02. The molecule has 3 heterocycles. The number of para-hydroxylation sites is 1. The lowest BCUT2D eigenvalue weighted by molar-refractivity contribution is 0.0610. The first-order valence-corrected chi connectivity index (χ1v) is 8.13. The number of aromatic nitrogens is 1. The van der Waals surface area contributed by atoms with Gasteiger partial charge in [-0.3, -0.25) is 4.79 Å². The van der Waals surface area contributed by atoms with E-state index in [-0.39, 0.29) is 5.91 Å². The third kappa shape index (κ3) is 2.40. The fourth-order valence-corrected chi connectivity index (χ4v) is 3.73. The number of hydrogen-bond acceptors (Lipinski definition) is 4. The zero-order chi connectivity index (χ0) is 16.0. The quantitative estimate of drug-likeness (QED) is 0.810. The third-order valence-electron chi connectivity index (χ3n) is 4.65. The van der Waals surface area contributed by atoms with E-state index < -0.39 is 0 Å². The minimum absolute atomic E-state index is 0.0450. The Bertz CT molecular complexity index is 742. The van der Waals surface area contributed by atoms with Crippen LogP contribution in [0.2, 0.25) is 0 Å². The molecule has 0 aliphatic carbocycles. The molecule has 1 aromatic heterocycles. The molecule has 1 aromatic carbocycles. The summed E-state index contributed by atoms with van der Waals surface area (Å²) in [7, 11) is 0. The number of likely N-dealkylation sites (tertiary alicyclic amines) is 1. The van der Waals surface area contributed by atoms with Crippen molar-refractivity contribution in [2.24, 2.45) is 11.8 Å². The number of carbonyl (C=O) groups is 1. The molecule has 5 heteroatoms. The van der Waals surface area contributed by atoms with Crippen LogP contribution in [0.1, 0.15) is 36.3 Å². The number of nitrogens with zero attached hydrogens (tertiary/aromatic N) is 2. The molecule has 0 spiro atoms. The molecule has 0 N–H and O–H groups in total. The molecule has 0 unspecified atom stereocenters. The topological polar surface area (TPSA) is 55.6 Å². The van der Waals surface area contributed by atoms with Gasteiger partial charge >= 0.3 is 0 Å². The highest BCUT2D eigenvalue weighted by Crippen LogP contribution is 2.39. The number of carbonyl (C=O) groups excluding carboxylic acids is 1. The van der Waals surface area contributed by atoms with Crippen LogP contribution in [0, 0.1) is 11.8 Å². The average Bonchev–Trinajstić information content (AvgIpc) is 2.97. The van der Waals surface area contributed by atoms with Crippen LogP contribution in [-0.2, 0) is 6.61 Å². The standard InChI is InChI=1S/C18H20N2O3/c1-11-7-12(2)9-20(8-11)18(21)16-14-10-22-15-6-4-3-5-13(15)17(14)23-19-16/h3-6,11-12H,7-10H2,1-2H3/t11-,12+. The van der Waals surface area contributed by atoms with Crippen molar-refractivity contribution in [2.45, 2.75) is 26.9 Å². The van der Waals surface area contributed by atoms with Crippen molar-refractivity contribution >= 4 is 5.91 Å². The highest BCUT2D eigenvalue weighted by Gasteiger charge is 2.33. The first-order valence-electron chi connectivity index (χ1n) is 8.13. The van der Waals surface area contributed by atoms with Gasteiger partial charge in [0.05, 0.1) is 11.1 Å². The van der Waals surface area contributed by atoms with Gasteiger partial charge in [-0.25, -0.2) is 0 Å². The summed E-state index contributed by atoms with van der Waals surface area (Å²) in [5, 5.41) is 4.08. The molecule has 23 heavy (non-hydrogen) atoms. The zero-order valence-electron chi connectivity index (χ0n) is 13.4. The minimum Gasteiger partial charge on any atom is -0.488 e. The monoisotopic (exact) mass is 312 g/mol.